The number of ether oxygens (including phenoxy) is 1. The van der Waals surface area contributed by atoms with Gasteiger partial charge in [0.15, 0.2) is 0 Å². The van der Waals surface area contributed by atoms with Crippen LogP contribution in [0.2, 0.25) is 0 Å². The van der Waals surface area contributed by atoms with Crippen LogP contribution in [0.3, 0.4) is 0 Å². The van der Waals surface area contributed by atoms with E-state index in [-0.39, 0.29) is 11.5 Å². The Bertz CT molecular complexity index is 626. The zero-order chi connectivity index (χ0) is 14.3. The van der Waals surface area contributed by atoms with E-state index in [0.717, 1.165) is 5.56 Å². The molecule has 3 rings (SSSR count). The normalized spacial score (nSPS) is 23.6. The summed E-state index contributed by atoms with van der Waals surface area (Å²) in [6.45, 7) is 2.96. The van der Waals surface area contributed by atoms with Crippen LogP contribution in [0.25, 0.3) is 0 Å². The summed E-state index contributed by atoms with van der Waals surface area (Å²) in [6, 6.07) is 6.73. The van der Waals surface area contributed by atoms with Gasteiger partial charge in [0.05, 0.1) is 4.90 Å². The lowest BCUT2D eigenvalue weighted by Gasteiger charge is -2.36. The molecule has 7 heteroatoms. The van der Waals surface area contributed by atoms with E-state index >= 15 is 0 Å². The van der Waals surface area contributed by atoms with Gasteiger partial charge in [0.25, 0.3) is 0 Å². The highest BCUT2D eigenvalue weighted by atomic mass is 32.2. The van der Waals surface area contributed by atoms with E-state index in [2.05, 4.69) is 0 Å². The van der Waals surface area contributed by atoms with Gasteiger partial charge in [-0.05, 0) is 25.5 Å². The smallest absolute Gasteiger partial charge is 0.411 e. The summed E-state index contributed by atoms with van der Waals surface area (Å²) in [5.41, 5.74) is 1.00. The molecule has 0 aromatic heterocycles. The van der Waals surface area contributed by atoms with Crippen molar-refractivity contribution in [2.75, 3.05) is 19.7 Å². The lowest BCUT2D eigenvalue weighted by Crippen LogP contribution is -2.54. The second-order valence-corrected chi connectivity index (χ2v) is 6.92. The molecule has 2 saturated heterocycles. The maximum Gasteiger partial charge on any atom is 0.411 e. The number of carbonyl (C=O) groups is 1. The number of aryl methyl sites for hydroxylation is 1. The van der Waals surface area contributed by atoms with Crippen LogP contribution in [0.5, 0.6) is 0 Å². The van der Waals surface area contributed by atoms with Crippen molar-refractivity contribution in [3.05, 3.63) is 29.8 Å². The molecule has 1 aromatic rings. The number of hydrogen-bond acceptors (Lipinski definition) is 4. The largest absolute Gasteiger partial charge is 0.446 e. The van der Waals surface area contributed by atoms with Gasteiger partial charge in [0, 0.05) is 13.1 Å². The first-order chi connectivity index (χ1) is 9.50. The van der Waals surface area contributed by atoms with Crippen molar-refractivity contribution in [2.24, 2.45) is 0 Å². The van der Waals surface area contributed by atoms with Crippen LogP contribution < -0.4 is 0 Å². The highest BCUT2D eigenvalue weighted by Crippen LogP contribution is 2.27. The Morgan fingerprint density at radius 2 is 1.90 bits per heavy atom. The molecule has 0 bridgehead atoms. The first-order valence-corrected chi connectivity index (χ1v) is 7.96. The highest BCUT2D eigenvalue weighted by molar-refractivity contribution is 7.89. The van der Waals surface area contributed by atoms with E-state index in [9.17, 15) is 13.2 Å². The third-order valence-corrected chi connectivity index (χ3v) is 5.60. The Morgan fingerprint density at radius 3 is 2.60 bits per heavy atom. The number of hydrogen-bond donors (Lipinski definition) is 0. The summed E-state index contributed by atoms with van der Waals surface area (Å²) in [5.74, 6) is 0. The monoisotopic (exact) mass is 296 g/mol. The van der Waals surface area contributed by atoms with E-state index in [0.29, 0.717) is 19.5 Å². The van der Waals surface area contributed by atoms with Crippen molar-refractivity contribution < 1.29 is 17.9 Å². The van der Waals surface area contributed by atoms with Gasteiger partial charge in [0.1, 0.15) is 12.8 Å². The molecule has 108 valence electrons. The Morgan fingerprint density at radius 1 is 1.20 bits per heavy atom. The number of sulfonamides is 1. The fraction of sp³-hybridized carbons (Fsp3) is 0.462. The molecule has 0 unspecified atom stereocenters. The molecular weight excluding hydrogens is 280 g/mol. The highest BCUT2D eigenvalue weighted by Gasteiger charge is 2.44. The summed E-state index contributed by atoms with van der Waals surface area (Å²) >= 11 is 0. The number of cyclic esters (lactones) is 1. The van der Waals surface area contributed by atoms with E-state index in [1.807, 2.05) is 6.92 Å². The van der Waals surface area contributed by atoms with Crippen molar-refractivity contribution in [1.29, 1.82) is 0 Å². The Kier molecular flexibility index (Phi) is 3.18. The van der Waals surface area contributed by atoms with Gasteiger partial charge in [-0.1, -0.05) is 17.7 Å². The van der Waals surface area contributed by atoms with Crippen molar-refractivity contribution >= 4 is 16.1 Å². The number of carbonyl (C=O) groups excluding carboxylic acids is 1. The van der Waals surface area contributed by atoms with Gasteiger partial charge < -0.3 is 4.74 Å². The second-order valence-electron chi connectivity index (χ2n) is 5.03. The zero-order valence-corrected chi connectivity index (χ0v) is 12.0. The zero-order valence-electron chi connectivity index (χ0n) is 11.2. The molecule has 0 radical (unpaired) electrons. The second kappa shape index (κ2) is 4.75. The third kappa shape index (κ3) is 2.06. The minimum absolute atomic E-state index is 0.101. The van der Waals surface area contributed by atoms with Gasteiger partial charge in [-0.2, -0.15) is 4.31 Å². The number of nitrogens with zero attached hydrogens (tertiary/aromatic N) is 2. The molecule has 0 N–H and O–H groups in total. The molecular formula is C13H16N2O4S. The Balaban J connectivity index is 1.94. The van der Waals surface area contributed by atoms with E-state index in [1.165, 1.54) is 9.21 Å². The van der Waals surface area contributed by atoms with Gasteiger partial charge in [0.2, 0.25) is 10.0 Å². The topological polar surface area (TPSA) is 66.9 Å². The molecule has 6 nitrogen and oxygen atoms in total. The molecule has 1 aromatic carbocycles. The molecule has 20 heavy (non-hydrogen) atoms. The molecule has 1 atom stereocenters. The molecule has 0 aliphatic carbocycles. The minimum Gasteiger partial charge on any atom is -0.446 e. The lowest BCUT2D eigenvalue weighted by atomic mass is 10.2. The number of amides is 1. The molecule has 2 fully saturated rings. The average molecular weight is 296 g/mol. The standard InChI is InChI=1S/C13H16N2O4S/c1-10-3-5-11(6-4-10)20(17,18)15-8-2-7-14-12(15)9-19-13(14)16/h3-6,12H,2,7-9H2,1H3/t12-/m1/s1. The maximum absolute atomic E-state index is 12.7. The fourth-order valence-corrected chi connectivity index (χ4v) is 4.21. The minimum atomic E-state index is -3.60. The Hall–Kier alpha value is -1.60. The van der Waals surface area contributed by atoms with E-state index in [1.54, 1.807) is 24.3 Å². The van der Waals surface area contributed by atoms with Crippen LogP contribution in [0.4, 0.5) is 4.79 Å². The van der Waals surface area contributed by atoms with E-state index in [4.69, 9.17) is 4.74 Å². The van der Waals surface area contributed by atoms with Crippen molar-refractivity contribution in [2.45, 2.75) is 24.4 Å². The maximum atomic E-state index is 12.7. The summed E-state index contributed by atoms with van der Waals surface area (Å²) in [7, 11) is -3.60. The van der Waals surface area contributed by atoms with Gasteiger partial charge >= 0.3 is 6.09 Å². The predicted molar refractivity (Wildman–Crippen MR) is 71.5 cm³/mol. The van der Waals surface area contributed by atoms with Crippen molar-refractivity contribution in [3.8, 4) is 0 Å². The van der Waals surface area contributed by atoms with E-state index < -0.39 is 22.3 Å². The lowest BCUT2D eigenvalue weighted by molar-refractivity contribution is 0.121. The summed E-state index contributed by atoms with van der Waals surface area (Å²) in [4.78, 5) is 13.3. The summed E-state index contributed by atoms with van der Waals surface area (Å²) in [5, 5.41) is 0. The van der Waals surface area contributed by atoms with Crippen LogP contribution in [0, 0.1) is 6.92 Å². The molecule has 1 amide bonds. The number of benzene rings is 1. The Labute approximate surface area is 118 Å². The van der Waals surface area contributed by atoms with Crippen LogP contribution >= 0.6 is 0 Å². The number of rotatable bonds is 2. The molecule has 2 heterocycles. The molecule has 2 aliphatic rings. The predicted octanol–water partition coefficient (Wildman–Crippen LogP) is 1.17. The number of fused-ring (bicyclic) bond motifs is 1. The summed E-state index contributed by atoms with van der Waals surface area (Å²) in [6.07, 6.45) is -0.321. The third-order valence-electron chi connectivity index (χ3n) is 3.69. The average Bonchev–Trinajstić information content (AvgIpc) is 2.81. The molecule has 0 saturated carbocycles. The first kappa shape index (κ1) is 13.4. The van der Waals surface area contributed by atoms with Crippen LogP contribution in [0.1, 0.15) is 12.0 Å². The summed E-state index contributed by atoms with van der Waals surface area (Å²) < 4.78 is 31.7. The van der Waals surface area contributed by atoms with Crippen molar-refractivity contribution in [3.63, 3.8) is 0 Å². The molecule has 2 aliphatic heterocycles. The van der Waals surface area contributed by atoms with Crippen LogP contribution in [-0.4, -0.2) is 49.6 Å². The SMILES string of the molecule is Cc1ccc(S(=O)(=O)N2CCCN3C(=O)OC[C@H]32)cc1. The van der Waals surface area contributed by atoms with Crippen molar-refractivity contribution in [1.82, 2.24) is 9.21 Å². The molecule has 0 spiro atoms. The van der Waals surface area contributed by atoms with Gasteiger partial charge in [-0.3, -0.25) is 4.90 Å². The van der Waals surface area contributed by atoms with Crippen LogP contribution in [-0.2, 0) is 14.8 Å². The quantitative estimate of drug-likeness (QED) is 0.821. The van der Waals surface area contributed by atoms with Crippen LogP contribution in [0.15, 0.2) is 29.2 Å². The van der Waals surface area contributed by atoms with Gasteiger partial charge in [-0.25, -0.2) is 13.2 Å². The first-order valence-electron chi connectivity index (χ1n) is 6.52. The fourth-order valence-electron chi connectivity index (χ4n) is 2.59. The van der Waals surface area contributed by atoms with Gasteiger partial charge in [-0.15, -0.1) is 0 Å².